The number of hydrogen-bond donors (Lipinski definition) is 2. The van der Waals surface area contributed by atoms with Gasteiger partial charge in [0.25, 0.3) is 0 Å². The van der Waals surface area contributed by atoms with Crippen molar-refractivity contribution in [3.05, 3.63) is 33.8 Å². The van der Waals surface area contributed by atoms with Gasteiger partial charge in [-0.3, -0.25) is 5.43 Å². The Labute approximate surface area is 98.5 Å². The van der Waals surface area contributed by atoms with Crippen molar-refractivity contribution in [1.29, 1.82) is 0 Å². The van der Waals surface area contributed by atoms with E-state index < -0.39 is 11.6 Å². The summed E-state index contributed by atoms with van der Waals surface area (Å²) in [6, 6.07) is 1.89. The summed E-state index contributed by atoms with van der Waals surface area (Å²) in [5, 5.41) is 3.55. The molecule has 0 amide bonds. The largest absolute Gasteiger partial charge is 0.375 e. The van der Waals surface area contributed by atoms with Crippen molar-refractivity contribution < 1.29 is 8.78 Å². The molecule has 1 aromatic carbocycles. The normalized spacial score (nSPS) is 10.6. The molecule has 0 atom stereocenters. The van der Waals surface area contributed by atoms with Crippen molar-refractivity contribution in [2.24, 2.45) is 10.8 Å². The van der Waals surface area contributed by atoms with Crippen molar-refractivity contribution in [3.8, 4) is 0 Å². The van der Waals surface area contributed by atoms with Gasteiger partial charge in [0.15, 0.2) is 5.11 Å². The zero-order valence-corrected chi connectivity index (χ0v) is 9.70. The maximum atomic E-state index is 13.0. The lowest BCUT2D eigenvalue weighted by molar-refractivity contribution is 0.578. The third-order valence-electron chi connectivity index (χ3n) is 1.40. The highest BCUT2D eigenvalue weighted by Gasteiger charge is 2.06. The average Bonchev–Trinajstić information content (AvgIpc) is 2.12. The molecule has 0 aliphatic carbocycles. The number of nitrogens with zero attached hydrogens (tertiary/aromatic N) is 1. The molecule has 3 nitrogen and oxygen atoms in total. The first-order valence-electron chi connectivity index (χ1n) is 3.73. The van der Waals surface area contributed by atoms with E-state index in [0.717, 1.165) is 12.1 Å². The van der Waals surface area contributed by atoms with Crippen LogP contribution in [0.25, 0.3) is 0 Å². The van der Waals surface area contributed by atoms with E-state index >= 15 is 0 Å². The molecular formula is C8H6BrF2N3S. The highest BCUT2D eigenvalue weighted by Crippen LogP contribution is 2.20. The second kappa shape index (κ2) is 5.13. The van der Waals surface area contributed by atoms with Gasteiger partial charge in [-0.25, -0.2) is 8.78 Å². The minimum absolute atomic E-state index is 0.0285. The van der Waals surface area contributed by atoms with E-state index in [1.54, 1.807) is 0 Å². The lowest BCUT2D eigenvalue weighted by Crippen LogP contribution is -2.24. The predicted molar refractivity (Wildman–Crippen MR) is 61.6 cm³/mol. The summed E-state index contributed by atoms with van der Waals surface area (Å²) in [5.41, 5.74) is 7.62. The van der Waals surface area contributed by atoms with Crippen LogP contribution in [0.3, 0.4) is 0 Å². The first-order valence-corrected chi connectivity index (χ1v) is 4.94. The summed E-state index contributed by atoms with van der Waals surface area (Å²) in [7, 11) is 0. The van der Waals surface area contributed by atoms with Crippen LogP contribution in [0.15, 0.2) is 21.7 Å². The number of nitrogens with one attached hydrogen (secondary N) is 1. The highest BCUT2D eigenvalue weighted by molar-refractivity contribution is 9.10. The second-order valence-corrected chi connectivity index (χ2v) is 3.76. The van der Waals surface area contributed by atoms with Gasteiger partial charge in [-0.05, 0) is 34.2 Å². The summed E-state index contributed by atoms with van der Waals surface area (Å²) < 4.78 is 25.9. The van der Waals surface area contributed by atoms with Crippen LogP contribution in [0.1, 0.15) is 5.56 Å². The van der Waals surface area contributed by atoms with E-state index in [1.807, 2.05) is 0 Å². The zero-order chi connectivity index (χ0) is 11.4. The van der Waals surface area contributed by atoms with E-state index in [9.17, 15) is 8.78 Å². The van der Waals surface area contributed by atoms with E-state index in [0.29, 0.717) is 0 Å². The summed E-state index contributed by atoms with van der Waals surface area (Å²) in [5.74, 6) is -1.39. The number of rotatable bonds is 2. The van der Waals surface area contributed by atoms with Crippen molar-refractivity contribution in [1.82, 2.24) is 5.43 Å². The fourth-order valence-corrected chi connectivity index (χ4v) is 1.22. The van der Waals surface area contributed by atoms with Crippen LogP contribution in [-0.2, 0) is 0 Å². The quantitative estimate of drug-likeness (QED) is 0.379. The molecule has 1 rings (SSSR count). The maximum Gasteiger partial charge on any atom is 0.184 e. The minimum atomic E-state index is -0.702. The van der Waals surface area contributed by atoms with Crippen molar-refractivity contribution >= 4 is 39.5 Å². The number of benzene rings is 1. The fraction of sp³-hybridized carbons (Fsp3) is 0. The van der Waals surface area contributed by atoms with Gasteiger partial charge < -0.3 is 5.73 Å². The SMILES string of the molecule is NC(=S)NN=Cc1cc(F)cc(F)c1Br. The smallest absolute Gasteiger partial charge is 0.184 e. The van der Waals surface area contributed by atoms with Gasteiger partial charge >= 0.3 is 0 Å². The molecule has 1 aromatic rings. The Kier molecular flexibility index (Phi) is 4.10. The Hall–Kier alpha value is -1.08. The number of hydrogen-bond acceptors (Lipinski definition) is 2. The maximum absolute atomic E-state index is 13.0. The van der Waals surface area contributed by atoms with Crippen LogP contribution < -0.4 is 11.2 Å². The standard InChI is InChI=1S/C8H6BrF2N3S/c9-7-4(3-13-14-8(12)15)1-5(10)2-6(7)11/h1-3H,(H3,12,14,15). The predicted octanol–water partition coefficient (Wildman–Crippen LogP) is 1.89. The molecule has 0 aliphatic rings. The molecule has 0 saturated heterocycles. The summed E-state index contributed by atoms with van der Waals surface area (Å²) >= 11 is 7.45. The Morgan fingerprint density at radius 1 is 1.53 bits per heavy atom. The van der Waals surface area contributed by atoms with Gasteiger partial charge in [0.05, 0.1) is 10.7 Å². The van der Waals surface area contributed by atoms with E-state index in [4.69, 9.17) is 5.73 Å². The molecular weight excluding hydrogens is 288 g/mol. The van der Waals surface area contributed by atoms with E-state index in [2.05, 4.69) is 38.7 Å². The van der Waals surface area contributed by atoms with Gasteiger partial charge in [-0.15, -0.1) is 0 Å². The van der Waals surface area contributed by atoms with E-state index in [1.165, 1.54) is 6.21 Å². The Bertz CT molecular complexity index is 423. The summed E-state index contributed by atoms with van der Waals surface area (Å²) in [4.78, 5) is 0. The van der Waals surface area contributed by atoms with Gasteiger partial charge in [-0.2, -0.15) is 5.10 Å². The second-order valence-electron chi connectivity index (χ2n) is 2.53. The molecule has 0 spiro atoms. The van der Waals surface area contributed by atoms with Gasteiger partial charge in [0, 0.05) is 11.6 Å². The first-order chi connectivity index (χ1) is 7.00. The Balaban J connectivity index is 2.94. The molecule has 0 aromatic heterocycles. The molecule has 0 saturated carbocycles. The number of nitrogens with two attached hydrogens (primary N) is 1. The zero-order valence-electron chi connectivity index (χ0n) is 7.30. The molecule has 0 bridgehead atoms. The summed E-state index contributed by atoms with van der Waals surface area (Å²) in [6.45, 7) is 0. The third kappa shape index (κ3) is 3.52. The van der Waals surface area contributed by atoms with Gasteiger partial charge in [0.2, 0.25) is 0 Å². The lowest BCUT2D eigenvalue weighted by Gasteiger charge is -2.00. The highest BCUT2D eigenvalue weighted by atomic mass is 79.9. The van der Waals surface area contributed by atoms with E-state index in [-0.39, 0.29) is 15.1 Å². The van der Waals surface area contributed by atoms with Crippen molar-refractivity contribution in [2.75, 3.05) is 0 Å². The van der Waals surface area contributed by atoms with Crippen molar-refractivity contribution in [2.45, 2.75) is 0 Å². The van der Waals surface area contributed by atoms with Crippen LogP contribution in [0.4, 0.5) is 8.78 Å². The third-order valence-corrected chi connectivity index (χ3v) is 2.33. The van der Waals surface area contributed by atoms with Gasteiger partial charge in [-0.1, -0.05) is 0 Å². The van der Waals surface area contributed by atoms with Gasteiger partial charge in [0.1, 0.15) is 11.6 Å². The monoisotopic (exact) mass is 293 g/mol. The molecule has 0 heterocycles. The number of halogens is 3. The molecule has 80 valence electrons. The summed E-state index contributed by atoms with van der Waals surface area (Å²) in [6.07, 6.45) is 1.20. The van der Waals surface area contributed by atoms with Crippen molar-refractivity contribution in [3.63, 3.8) is 0 Å². The molecule has 15 heavy (non-hydrogen) atoms. The number of thiocarbonyl (C=S) groups is 1. The molecule has 0 aliphatic heterocycles. The number of hydrazone groups is 1. The Morgan fingerprint density at radius 2 is 2.20 bits per heavy atom. The van der Waals surface area contributed by atoms with Crippen LogP contribution in [0.5, 0.6) is 0 Å². The first kappa shape index (κ1) is 12.0. The van der Waals surface area contributed by atoms with Crippen LogP contribution in [0, 0.1) is 11.6 Å². The molecule has 3 N–H and O–H groups in total. The molecule has 0 unspecified atom stereocenters. The molecule has 7 heteroatoms. The molecule has 0 fully saturated rings. The van der Waals surface area contributed by atoms with Crippen LogP contribution >= 0.6 is 28.1 Å². The van der Waals surface area contributed by atoms with Crippen LogP contribution in [0.2, 0.25) is 0 Å². The Morgan fingerprint density at radius 3 is 2.80 bits per heavy atom. The fourth-order valence-electron chi connectivity index (χ4n) is 0.835. The topological polar surface area (TPSA) is 50.4 Å². The minimum Gasteiger partial charge on any atom is -0.375 e. The molecule has 0 radical (unpaired) electrons. The lowest BCUT2D eigenvalue weighted by atomic mass is 10.2. The average molecular weight is 294 g/mol. The van der Waals surface area contributed by atoms with Crippen LogP contribution in [-0.4, -0.2) is 11.3 Å².